The fourth-order valence-corrected chi connectivity index (χ4v) is 4.78. The lowest BCUT2D eigenvalue weighted by Gasteiger charge is -2.40. The van der Waals surface area contributed by atoms with Crippen molar-refractivity contribution in [1.82, 2.24) is 10.6 Å². The lowest BCUT2D eigenvalue weighted by molar-refractivity contribution is -0.0415. The maximum Gasteiger partial charge on any atom is 0.404 e. The van der Waals surface area contributed by atoms with Crippen molar-refractivity contribution >= 4 is 30.1 Å². The fourth-order valence-electron chi connectivity index (χ4n) is 4.50. The number of piperidine rings is 1. The molecule has 1 saturated heterocycles. The Morgan fingerprint density at radius 1 is 1.29 bits per heavy atom. The standard InChI is InChI=1S/C24H31ClN2O3.ClH/c1-2-17-7-3-8-18(15-17)22-20(10-4-11-21(22)25)24(30,12-6-14-27-23(28)29)19-9-5-13-26-16-19;/h3-4,7-8,10-11,15,19,26-27,30H,2,5-6,9,12-14,16H2,1H3,(H,28,29);1H/t19-,24?;/m1./s1. The second kappa shape index (κ2) is 11.7. The van der Waals surface area contributed by atoms with Gasteiger partial charge in [0, 0.05) is 29.6 Å². The summed E-state index contributed by atoms with van der Waals surface area (Å²) in [4.78, 5) is 10.8. The van der Waals surface area contributed by atoms with E-state index in [1.165, 1.54) is 5.56 Å². The molecule has 1 aliphatic rings. The van der Waals surface area contributed by atoms with Gasteiger partial charge in [0.25, 0.3) is 0 Å². The Morgan fingerprint density at radius 3 is 2.74 bits per heavy atom. The third-order valence-corrected chi connectivity index (χ3v) is 6.40. The molecule has 4 N–H and O–H groups in total. The van der Waals surface area contributed by atoms with Crippen LogP contribution in [0.4, 0.5) is 4.79 Å². The van der Waals surface area contributed by atoms with Crippen LogP contribution in [0.2, 0.25) is 5.02 Å². The van der Waals surface area contributed by atoms with Gasteiger partial charge in [0.05, 0.1) is 5.60 Å². The average Bonchev–Trinajstić information content (AvgIpc) is 2.77. The van der Waals surface area contributed by atoms with Crippen molar-refractivity contribution in [2.75, 3.05) is 19.6 Å². The monoisotopic (exact) mass is 466 g/mol. The largest absolute Gasteiger partial charge is 0.465 e. The van der Waals surface area contributed by atoms with E-state index in [0.717, 1.165) is 49.0 Å². The highest BCUT2D eigenvalue weighted by Gasteiger charge is 2.40. The van der Waals surface area contributed by atoms with Gasteiger partial charge in [-0.1, -0.05) is 54.9 Å². The van der Waals surface area contributed by atoms with Crippen molar-refractivity contribution in [3.05, 3.63) is 58.6 Å². The number of halogens is 2. The lowest BCUT2D eigenvalue weighted by atomic mass is 9.72. The minimum absolute atomic E-state index is 0. The average molecular weight is 467 g/mol. The number of benzene rings is 2. The van der Waals surface area contributed by atoms with Crippen molar-refractivity contribution < 1.29 is 15.0 Å². The van der Waals surface area contributed by atoms with E-state index in [9.17, 15) is 9.90 Å². The molecule has 0 saturated carbocycles. The van der Waals surface area contributed by atoms with Crippen LogP contribution in [0.1, 0.15) is 43.7 Å². The summed E-state index contributed by atoms with van der Waals surface area (Å²) in [5.74, 6) is 0.0302. The molecule has 0 spiro atoms. The minimum Gasteiger partial charge on any atom is -0.465 e. The second-order valence-electron chi connectivity index (χ2n) is 8.02. The van der Waals surface area contributed by atoms with E-state index in [2.05, 4.69) is 29.7 Å². The predicted octanol–water partition coefficient (Wildman–Crippen LogP) is 5.23. The first-order chi connectivity index (χ1) is 14.5. The molecule has 0 aromatic heterocycles. The minimum atomic E-state index is -1.10. The first-order valence-corrected chi connectivity index (χ1v) is 11.1. The Balaban J connectivity index is 0.00000341. The molecule has 0 aliphatic carbocycles. The van der Waals surface area contributed by atoms with E-state index in [0.29, 0.717) is 24.4 Å². The number of rotatable bonds is 8. The number of hydrogen-bond donors (Lipinski definition) is 4. The van der Waals surface area contributed by atoms with Gasteiger partial charge in [0.1, 0.15) is 0 Å². The van der Waals surface area contributed by atoms with E-state index < -0.39 is 11.7 Å². The summed E-state index contributed by atoms with van der Waals surface area (Å²) in [5, 5.41) is 27.4. The molecule has 1 amide bonds. The molecule has 7 heteroatoms. The van der Waals surface area contributed by atoms with Crippen LogP contribution in [0.3, 0.4) is 0 Å². The van der Waals surface area contributed by atoms with Gasteiger partial charge in [-0.3, -0.25) is 0 Å². The van der Waals surface area contributed by atoms with Crippen LogP contribution in [-0.4, -0.2) is 35.9 Å². The predicted molar refractivity (Wildman–Crippen MR) is 128 cm³/mol. The van der Waals surface area contributed by atoms with Crippen LogP contribution in [0.5, 0.6) is 0 Å². The number of carboxylic acid groups (broad SMARTS) is 1. The molecule has 5 nitrogen and oxygen atoms in total. The Hall–Kier alpha value is -1.79. The third-order valence-electron chi connectivity index (χ3n) is 6.09. The van der Waals surface area contributed by atoms with Crippen molar-refractivity contribution in [3.63, 3.8) is 0 Å². The van der Waals surface area contributed by atoms with Crippen molar-refractivity contribution in [3.8, 4) is 11.1 Å². The molecule has 0 bridgehead atoms. The summed E-state index contributed by atoms with van der Waals surface area (Å²) in [7, 11) is 0. The number of aliphatic hydroxyl groups is 1. The molecule has 170 valence electrons. The molecular formula is C24H32Cl2N2O3. The van der Waals surface area contributed by atoms with Crippen molar-refractivity contribution in [1.29, 1.82) is 0 Å². The number of nitrogens with one attached hydrogen (secondary N) is 2. The van der Waals surface area contributed by atoms with Crippen molar-refractivity contribution in [2.45, 2.75) is 44.6 Å². The van der Waals surface area contributed by atoms with Gasteiger partial charge in [0.15, 0.2) is 0 Å². The molecule has 1 aliphatic heterocycles. The zero-order valence-corrected chi connectivity index (χ0v) is 19.4. The highest BCUT2D eigenvalue weighted by Crippen LogP contribution is 2.44. The van der Waals surface area contributed by atoms with Crippen LogP contribution in [0.25, 0.3) is 11.1 Å². The zero-order chi connectivity index (χ0) is 21.6. The number of carbonyl (C=O) groups is 1. The number of hydrogen-bond acceptors (Lipinski definition) is 3. The van der Waals surface area contributed by atoms with Crippen LogP contribution >= 0.6 is 24.0 Å². The second-order valence-corrected chi connectivity index (χ2v) is 8.43. The molecule has 1 unspecified atom stereocenters. The Bertz CT molecular complexity index is 872. The molecule has 1 heterocycles. The normalized spacial score (nSPS) is 18.0. The Morgan fingerprint density at radius 2 is 2.06 bits per heavy atom. The summed E-state index contributed by atoms with van der Waals surface area (Å²) in [6, 6.07) is 14.0. The van der Waals surface area contributed by atoms with Gasteiger partial charge in [-0.05, 0) is 61.4 Å². The van der Waals surface area contributed by atoms with Gasteiger partial charge in [-0.25, -0.2) is 4.79 Å². The SMILES string of the molecule is CCc1cccc(-c2c(Cl)cccc2C(O)(CCCNC(=O)O)[C@@H]2CCCNC2)c1.Cl. The number of aryl methyl sites for hydroxylation is 1. The Labute approximate surface area is 195 Å². The summed E-state index contributed by atoms with van der Waals surface area (Å²) in [5.41, 5.74) is 2.81. The van der Waals surface area contributed by atoms with Gasteiger partial charge in [-0.15, -0.1) is 12.4 Å². The van der Waals surface area contributed by atoms with E-state index in [4.69, 9.17) is 16.7 Å². The Kier molecular flexibility index (Phi) is 9.63. The quantitative estimate of drug-likeness (QED) is 0.401. The molecule has 3 rings (SSSR count). The molecule has 1 fully saturated rings. The van der Waals surface area contributed by atoms with Crippen LogP contribution in [0.15, 0.2) is 42.5 Å². The molecule has 31 heavy (non-hydrogen) atoms. The van der Waals surface area contributed by atoms with Gasteiger partial charge < -0.3 is 20.8 Å². The molecule has 2 atom stereocenters. The summed E-state index contributed by atoms with van der Waals surface area (Å²) < 4.78 is 0. The van der Waals surface area contributed by atoms with Gasteiger partial charge in [-0.2, -0.15) is 0 Å². The first-order valence-electron chi connectivity index (χ1n) is 10.7. The van der Waals surface area contributed by atoms with Gasteiger partial charge in [0.2, 0.25) is 0 Å². The van der Waals surface area contributed by atoms with Crippen LogP contribution in [0, 0.1) is 5.92 Å². The smallest absolute Gasteiger partial charge is 0.404 e. The van der Waals surface area contributed by atoms with E-state index in [1.807, 2.05) is 30.3 Å². The highest BCUT2D eigenvalue weighted by atomic mass is 35.5. The maximum atomic E-state index is 12.1. The van der Waals surface area contributed by atoms with E-state index >= 15 is 0 Å². The molecule has 2 aromatic rings. The fraction of sp³-hybridized carbons (Fsp3) is 0.458. The topological polar surface area (TPSA) is 81.6 Å². The van der Waals surface area contributed by atoms with Crippen LogP contribution in [-0.2, 0) is 12.0 Å². The highest BCUT2D eigenvalue weighted by molar-refractivity contribution is 6.33. The van der Waals surface area contributed by atoms with E-state index in [1.54, 1.807) is 0 Å². The van der Waals surface area contributed by atoms with Gasteiger partial charge >= 0.3 is 6.09 Å². The first kappa shape index (κ1) is 25.5. The third kappa shape index (κ3) is 6.13. The number of amides is 1. The zero-order valence-electron chi connectivity index (χ0n) is 17.9. The molecule has 2 aromatic carbocycles. The summed E-state index contributed by atoms with van der Waals surface area (Å²) in [6.45, 7) is 4.10. The summed E-state index contributed by atoms with van der Waals surface area (Å²) >= 11 is 6.69. The maximum absolute atomic E-state index is 12.1. The lowest BCUT2D eigenvalue weighted by Crippen LogP contribution is -2.45. The summed E-state index contributed by atoms with van der Waals surface area (Å²) in [6.07, 6.45) is 2.79. The molecular weight excluding hydrogens is 435 g/mol. The van der Waals surface area contributed by atoms with Crippen molar-refractivity contribution in [2.24, 2.45) is 5.92 Å². The molecule has 0 radical (unpaired) electrons. The van der Waals surface area contributed by atoms with E-state index in [-0.39, 0.29) is 18.3 Å². The van der Waals surface area contributed by atoms with Crippen LogP contribution < -0.4 is 10.6 Å².